The SMILES string of the molecule is C[C@@]12CCN[C@@H]1c1ccccc1N[C@@H]2c1ccsc1.C[C@]12CCN[C@H]1c1ccccc1N[C@H]2c1ccsc1. The molecule has 2 aromatic carbocycles. The molecule has 4 aliphatic heterocycles. The lowest BCUT2D eigenvalue weighted by atomic mass is 9.69. The van der Waals surface area contributed by atoms with Crippen LogP contribution in [0.15, 0.2) is 82.2 Å². The van der Waals surface area contributed by atoms with Gasteiger partial charge >= 0.3 is 0 Å². The number of hydrogen-bond donors (Lipinski definition) is 4. The molecule has 4 aliphatic rings. The Morgan fingerprint density at radius 1 is 0.605 bits per heavy atom. The van der Waals surface area contributed by atoms with Gasteiger partial charge in [0.1, 0.15) is 0 Å². The lowest BCUT2D eigenvalue weighted by Crippen LogP contribution is -2.40. The summed E-state index contributed by atoms with van der Waals surface area (Å²) >= 11 is 3.57. The summed E-state index contributed by atoms with van der Waals surface area (Å²) in [5.74, 6) is 0. The van der Waals surface area contributed by atoms with E-state index >= 15 is 0 Å². The predicted octanol–water partition coefficient (Wildman–Crippen LogP) is 7.91. The van der Waals surface area contributed by atoms with E-state index in [1.54, 1.807) is 22.7 Å². The molecular formula is C32H36N4S2. The molecule has 2 saturated heterocycles. The fourth-order valence-corrected chi connectivity index (χ4v) is 8.86. The van der Waals surface area contributed by atoms with Gasteiger partial charge in [-0.25, -0.2) is 0 Å². The first-order valence-corrected chi connectivity index (χ1v) is 15.7. The van der Waals surface area contributed by atoms with E-state index in [0.29, 0.717) is 24.2 Å². The number of nitrogens with one attached hydrogen (secondary N) is 4. The Hall–Kier alpha value is -2.64. The molecule has 38 heavy (non-hydrogen) atoms. The molecule has 2 fully saturated rings. The van der Waals surface area contributed by atoms with Gasteiger partial charge in [0.05, 0.1) is 12.1 Å². The van der Waals surface area contributed by atoms with Gasteiger partial charge in [0, 0.05) is 34.3 Å². The van der Waals surface area contributed by atoms with E-state index in [9.17, 15) is 0 Å². The topological polar surface area (TPSA) is 48.1 Å². The Balaban J connectivity index is 0.000000127. The van der Waals surface area contributed by atoms with Crippen LogP contribution in [-0.2, 0) is 0 Å². The molecule has 6 heterocycles. The summed E-state index contributed by atoms with van der Waals surface area (Å²) in [6.07, 6.45) is 2.44. The maximum atomic E-state index is 3.78. The molecule has 0 bridgehead atoms. The summed E-state index contributed by atoms with van der Waals surface area (Å²) in [7, 11) is 0. The third-order valence-corrected chi connectivity index (χ3v) is 11.0. The summed E-state index contributed by atoms with van der Waals surface area (Å²) in [5, 5.41) is 23.9. The lowest BCUT2D eigenvalue weighted by Gasteiger charge is -2.45. The average molecular weight is 541 g/mol. The summed E-state index contributed by atoms with van der Waals surface area (Å²) in [6, 6.07) is 23.7. The van der Waals surface area contributed by atoms with E-state index in [2.05, 4.69) is 117 Å². The van der Waals surface area contributed by atoms with Crippen LogP contribution in [0.3, 0.4) is 0 Å². The monoisotopic (exact) mass is 540 g/mol. The maximum Gasteiger partial charge on any atom is 0.0594 e. The standard InChI is InChI=1S/2C16H18N2S/c2*1-16-7-8-17-15(16)12-4-2-3-5-13(12)18-14(16)11-6-9-19-10-11/h2*2-6,9-10,14-15,17-18H,7-8H2,1H3/t2*14-,15-,16+/m10/s1. The average Bonchev–Trinajstić information content (AvgIpc) is 3.75. The van der Waals surface area contributed by atoms with Crippen molar-refractivity contribution < 1.29 is 0 Å². The van der Waals surface area contributed by atoms with E-state index in [0.717, 1.165) is 13.1 Å². The van der Waals surface area contributed by atoms with E-state index in [1.165, 1.54) is 46.5 Å². The van der Waals surface area contributed by atoms with Crippen molar-refractivity contribution in [1.29, 1.82) is 0 Å². The molecule has 4 N–H and O–H groups in total. The van der Waals surface area contributed by atoms with Crippen LogP contribution >= 0.6 is 22.7 Å². The third kappa shape index (κ3) is 3.84. The fourth-order valence-electron chi connectivity index (χ4n) is 7.49. The van der Waals surface area contributed by atoms with Crippen molar-refractivity contribution in [2.75, 3.05) is 23.7 Å². The van der Waals surface area contributed by atoms with Crippen LogP contribution in [0.5, 0.6) is 0 Å². The van der Waals surface area contributed by atoms with Crippen molar-refractivity contribution in [3.63, 3.8) is 0 Å². The highest BCUT2D eigenvalue weighted by molar-refractivity contribution is 7.08. The quantitative estimate of drug-likeness (QED) is 0.209. The summed E-state index contributed by atoms with van der Waals surface area (Å²) < 4.78 is 0. The molecular weight excluding hydrogens is 505 g/mol. The van der Waals surface area contributed by atoms with Gasteiger partial charge in [0.2, 0.25) is 0 Å². The van der Waals surface area contributed by atoms with Crippen molar-refractivity contribution in [1.82, 2.24) is 10.6 Å². The molecule has 0 unspecified atom stereocenters. The van der Waals surface area contributed by atoms with Gasteiger partial charge in [-0.15, -0.1) is 0 Å². The predicted molar refractivity (Wildman–Crippen MR) is 161 cm³/mol. The molecule has 4 aromatic rings. The number of rotatable bonds is 2. The van der Waals surface area contributed by atoms with Crippen LogP contribution in [0.1, 0.15) is 73.1 Å². The molecule has 6 heteroatoms. The number of para-hydroxylation sites is 2. The van der Waals surface area contributed by atoms with Gasteiger partial charge < -0.3 is 21.3 Å². The first-order valence-electron chi connectivity index (χ1n) is 13.8. The molecule has 0 saturated carbocycles. The first-order chi connectivity index (χ1) is 18.6. The van der Waals surface area contributed by atoms with Crippen molar-refractivity contribution in [2.24, 2.45) is 10.8 Å². The van der Waals surface area contributed by atoms with E-state index in [1.807, 2.05) is 0 Å². The van der Waals surface area contributed by atoms with Crippen LogP contribution in [0, 0.1) is 10.8 Å². The first kappa shape index (κ1) is 24.4. The minimum absolute atomic E-state index is 0.259. The Morgan fingerprint density at radius 3 is 1.47 bits per heavy atom. The summed E-state index contributed by atoms with van der Waals surface area (Å²) in [4.78, 5) is 0. The lowest BCUT2D eigenvalue weighted by molar-refractivity contribution is 0.227. The van der Waals surface area contributed by atoms with Crippen molar-refractivity contribution in [3.05, 3.63) is 104 Å². The molecule has 0 amide bonds. The van der Waals surface area contributed by atoms with Gasteiger partial charge in [-0.2, -0.15) is 22.7 Å². The van der Waals surface area contributed by atoms with Crippen LogP contribution in [0.4, 0.5) is 11.4 Å². The molecule has 0 aliphatic carbocycles. The van der Waals surface area contributed by atoms with Crippen molar-refractivity contribution in [2.45, 2.75) is 50.9 Å². The van der Waals surface area contributed by atoms with E-state index < -0.39 is 0 Å². The molecule has 6 atom stereocenters. The minimum atomic E-state index is 0.259. The second kappa shape index (κ2) is 9.53. The molecule has 0 radical (unpaired) electrons. The van der Waals surface area contributed by atoms with Gasteiger partial charge in [0.25, 0.3) is 0 Å². The number of fused-ring (bicyclic) bond motifs is 6. The third-order valence-electron chi connectivity index (χ3n) is 9.56. The zero-order valence-electron chi connectivity index (χ0n) is 22.0. The highest BCUT2D eigenvalue weighted by atomic mass is 32.1. The Bertz CT molecular complexity index is 1290. The van der Waals surface area contributed by atoms with Crippen LogP contribution < -0.4 is 21.3 Å². The van der Waals surface area contributed by atoms with E-state index in [-0.39, 0.29) is 10.8 Å². The smallest absolute Gasteiger partial charge is 0.0594 e. The number of thiophene rings is 2. The molecule has 8 rings (SSSR count). The number of anilines is 2. The fraction of sp³-hybridized carbons (Fsp3) is 0.375. The van der Waals surface area contributed by atoms with Crippen molar-refractivity contribution >= 4 is 34.0 Å². The van der Waals surface area contributed by atoms with Crippen LogP contribution in [0.25, 0.3) is 0 Å². The largest absolute Gasteiger partial charge is 0.377 e. The maximum absolute atomic E-state index is 3.78. The normalized spacial score (nSPS) is 32.5. The molecule has 2 aromatic heterocycles. The molecule has 4 nitrogen and oxygen atoms in total. The molecule has 196 valence electrons. The number of hydrogen-bond acceptors (Lipinski definition) is 6. The summed E-state index contributed by atoms with van der Waals surface area (Å²) in [5.41, 5.74) is 8.80. The van der Waals surface area contributed by atoms with E-state index in [4.69, 9.17) is 0 Å². The molecule has 0 spiro atoms. The second-order valence-electron chi connectivity index (χ2n) is 11.7. The zero-order valence-corrected chi connectivity index (χ0v) is 23.7. The minimum Gasteiger partial charge on any atom is -0.377 e. The number of benzene rings is 2. The van der Waals surface area contributed by atoms with Gasteiger partial charge in [-0.05, 0) is 94.0 Å². The Labute approximate surface area is 233 Å². The Kier molecular flexibility index (Phi) is 6.12. The van der Waals surface area contributed by atoms with Crippen LogP contribution in [0.2, 0.25) is 0 Å². The van der Waals surface area contributed by atoms with Crippen LogP contribution in [-0.4, -0.2) is 13.1 Å². The van der Waals surface area contributed by atoms with Gasteiger partial charge in [0.15, 0.2) is 0 Å². The Morgan fingerprint density at radius 2 is 1.05 bits per heavy atom. The highest BCUT2D eigenvalue weighted by Crippen LogP contribution is 2.57. The van der Waals surface area contributed by atoms with Gasteiger partial charge in [-0.3, -0.25) is 0 Å². The summed E-state index contributed by atoms with van der Waals surface area (Å²) in [6.45, 7) is 7.06. The van der Waals surface area contributed by atoms with Gasteiger partial charge in [-0.1, -0.05) is 50.2 Å². The second-order valence-corrected chi connectivity index (χ2v) is 13.3. The highest BCUT2D eigenvalue weighted by Gasteiger charge is 2.50. The zero-order chi connectivity index (χ0) is 25.7. The van der Waals surface area contributed by atoms with Crippen molar-refractivity contribution in [3.8, 4) is 0 Å².